The minimum absolute atomic E-state index is 0.115. The predicted molar refractivity (Wildman–Crippen MR) is 54.6 cm³/mol. The summed E-state index contributed by atoms with van der Waals surface area (Å²) in [5, 5.41) is 2.82. The third-order valence-electron chi connectivity index (χ3n) is 1.45. The second-order valence-corrected chi connectivity index (χ2v) is 2.44. The third kappa shape index (κ3) is 3.68. The molecule has 0 fully saturated rings. The van der Waals surface area contributed by atoms with E-state index >= 15 is 0 Å². The molecule has 1 atom stereocenters. The van der Waals surface area contributed by atoms with E-state index in [9.17, 15) is 4.79 Å². The van der Waals surface area contributed by atoms with Crippen molar-refractivity contribution in [3.05, 3.63) is 12.3 Å². The van der Waals surface area contributed by atoms with E-state index in [-0.39, 0.29) is 5.78 Å². The van der Waals surface area contributed by atoms with Crippen LogP contribution in [0.1, 0.15) is 13.8 Å². The number of ketones is 1. The highest BCUT2D eigenvalue weighted by atomic mass is 16.1. The molecule has 1 N–H and O–H groups in total. The zero-order valence-corrected chi connectivity index (χ0v) is 8.16. The summed E-state index contributed by atoms with van der Waals surface area (Å²) in [6, 6.07) is -0.409. The van der Waals surface area contributed by atoms with Gasteiger partial charge in [-0.2, -0.15) is 0 Å². The van der Waals surface area contributed by atoms with E-state index in [0.29, 0.717) is 5.71 Å². The lowest BCUT2D eigenvalue weighted by atomic mass is 10.1. The van der Waals surface area contributed by atoms with Gasteiger partial charge in [-0.1, -0.05) is 12.0 Å². The molecule has 0 amide bonds. The van der Waals surface area contributed by atoms with Crippen LogP contribution in [0.15, 0.2) is 17.3 Å². The fraction of sp³-hybridized carbons (Fsp3) is 0.400. The van der Waals surface area contributed by atoms with E-state index in [1.54, 1.807) is 19.3 Å². The lowest BCUT2D eigenvalue weighted by molar-refractivity contribution is -0.111. The predicted octanol–water partition coefficient (Wildman–Crippen LogP) is 0.771. The number of nitrogens with one attached hydrogen (secondary N) is 1. The van der Waals surface area contributed by atoms with Crippen molar-refractivity contribution in [2.45, 2.75) is 19.9 Å². The first-order valence-corrected chi connectivity index (χ1v) is 4.00. The van der Waals surface area contributed by atoms with Gasteiger partial charge in [0, 0.05) is 13.1 Å². The highest BCUT2D eigenvalue weighted by molar-refractivity contribution is 6.41. The van der Waals surface area contributed by atoms with Gasteiger partial charge >= 0.3 is 0 Å². The summed E-state index contributed by atoms with van der Waals surface area (Å²) in [7, 11) is 1.69. The summed E-state index contributed by atoms with van der Waals surface area (Å²) in [4.78, 5) is 15.1. The maximum Gasteiger partial charge on any atom is 0.176 e. The van der Waals surface area contributed by atoms with Gasteiger partial charge in [0.25, 0.3) is 0 Å². The van der Waals surface area contributed by atoms with E-state index in [1.165, 1.54) is 6.92 Å². The number of terminal acetylenes is 1. The van der Waals surface area contributed by atoms with Gasteiger partial charge in [0.15, 0.2) is 5.78 Å². The van der Waals surface area contributed by atoms with E-state index < -0.39 is 6.04 Å². The molecule has 0 radical (unpaired) electrons. The number of hydrogen-bond acceptors (Lipinski definition) is 3. The maximum atomic E-state index is 11.1. The number of aliphatic imine (C=N–C) groups is 1. The number of allylic oxidation sites excluding steroid dienone is 1. The molecule has 0 spiro atoms. The minimum atomic E-state index is -0.409. The first-order valence-electron chi connectivity index (χ1n) is 4.00. The van der Waals surface area contributed by atoms with Crippen LogP contribution in [0.3, 0.4) is 0 Å². The van der Waals surface area contributed by atoms with Crippen molar-refractivity contribution in [2.75, 3.05) is 7.05 Å². The summed E-state index contributed by atoms with van der Waals surface area (Å²) in [6.07, 6.45) is 8.52. The SMILES string of the molecule is C#CC(NC)C(=N/C=C\C)C(C)=O. The standard InChI is InChI=1S/C10H14N2O/c1-5-7-12-10(8(3)13)9(6-2)11-4/h2,5,7,9,11H,1,3-4H3/b7-5-,12-10?. The van der Waals surface area contributed by atoms with Gasteiger partial charge in [-0.05, 0) is 14.0 Å². The van der Waals surface area contributed by atoms with Gasteiger partial charge in [-0.3, -0.25) is 9.79 Å². The molecule has 0 aliphatic rings. The molecule has 0 aromatic heterocycles. The Balaban J connectivity index is 4.81. The Morgan fingerprint density at radius 3 is 2.62 bits per heavy atom. The Bertz CT molecular complexity index is 271. The van der Waals surface area contributed by atoms with Gasteiger partial charge in [-0.25, -0.2) is 0 Å². The molecule has 70 valence electrons. The van der Waals surface area contributed by atoms with Crippen molar-refractivity contribution < 1.29 is 4.79 Å². The Labute approximate surface area is 78.9 Å². The van der Waals surface area contributed by atoms with Crippen LogP contribution in [-0.4, -0.2) is 24.6 Å². The van der Waals surface area contributed by atoms with Crippen molar-refractivity contribution in [3.63, 3.8) is 0 Å². The molecule has 3 nitrogen and oxygen atoms in total. The molecular formula is C10H14N2O. The number of nitrogens with zero attached hydrogens (tertiary/aromatic N) is 1. The molecule has 0 heterocycles. The van der Waals surface area contributed by atoms with Crippen LogP contribution in [-0.2, 0) is 4.79 Å². The van der Waals surface area contributed by atoms with Crippen molar-refractivity contribution in [3.8, 4) is 12.3 Å². The van der Waals surface area contributed by atoms with Crippen molar-refractivity contribution in [2.24, 2.45) is 4.99 Å². The monoisotopic (exact) mass is 178 g/mol. The molecule has 1 unspecified atom stereocenters. The van der Waals surface area contributed by atoms with Crippen molar-refractivity contribution in [1.29, 1.82) is 0 Å². The zero-order valence-electron chi connectivity index (χ0n) is 8.16. The van der Waals surface area contributed by atoms with Crippen molar-refractivity contribution in [1.82, 2.24) is 5.32 Å². The van der Waals surface area contributed by atoms with E-state index in [0.717, 1.165) is 0 Å². The van der Waals surface area contributed by atoms with Gasteiger partial charge in [0.05, 0.1) is 0 Å². The molecule has 0 aliphatic carbocycles. The summed E-state index contributed by atoms with van der Waals surface area (Å²) in [6.45, 7) is 3.27. The minimum Gasteiger partial charge on any atom is -0.302 e. The van der Waals surface area contributed by atoms with Gasteiger partial charge in [-0.15, -0.1) is 6.42 Å². The third-order valence-corrected chi connectivity index (χ3v) is 1.45. The fourth-order valence-electron chi connectivity index (χ4n) is 0.823. The largest absolute Gasteiger partial charge is 0.302 e. The van der Waals surface area contributed by atoms with Gasteiger partial charge in [0.1, 0.15) is 11.8 Å². The Kier molecular flexibility index (Phi) is 5.49. The van der Waals surface area contributed by atoms with E-state index in [1.807, 2.05) is 6.92 Å². The van der Waals surface area contributed by atoms with Gasteiger partial charge in [0.2, 0.25) is 0 Å². The normalized spacial score (nSPS) is 14.2. The number of hydrogen-bond donors (Lipinski definition) is 1. The second kappa shape index (κ2) is 6.15. The molecule has 0 aromatic rings. The highest BCUT2D eigenvalue weighted by Gasteiger charge is 2.14. The second-order valence-electron chi connectivity index (χ2n) is 2.44. The Hall–Kier alpha value is -1.40. The summed E-state index contributed by atoms with van der Waals surface area (Å²) in [5.74, 6) is 2.33. The first kappa shape index (κ1) is 11.6. The highest BCUT2D eigenvalue weighted by Crippen LogP contribution is 1.91. The summed E-state index contributed by atoms with van der Waals surface area (Å²) >= 11 is 0. The van der Waals surface area contributed by atoms with Crippen LogP contribution in [0.25, 0.3) is 0 Å². The molecule has 3 heteroatoms. The molecule has 0 aromatic carbocycles. The van der Waals surface area contributed by atoms with Crippen molar-refractivity contribution >= 4 is 11.5 Å². The number of carbonyl (C=O) groups is 1. The van der Waals surface area contributed by atoms with E-state index in [2.05, 4.69) is 16.2 Å². The van der Waals surface area contributed by atoms with Crippen LogP contribution in [0.4, 0.5) is 0 Å². The van der Waals surface area contributed by atoms with Crippen LogP contribution >= 0.6 is 0 Å². The average Bonchev–Trinajstić information content (AvgIpc) is 2.11. The topological polar surface area (TPSA) is 41.5 Å². The molecule has 0 aliphatic heterocycles. The summed E-state index contributed by atoms with van der Waals surface area (Å²) < 4.78 is 0. The molecule has 0 rings (SSSR count). The molecule has 0 saturated heterocycles. The van der Waals surface area contributed by atoms with Crippen LogP contribution < -0.4 is 5.32 Å². The zero-order chi connectivity index (χ0) is 10.3. The molecule has 13 heavy (non-hydrogen) atoms. The quantitative estimate of drug-likeness (QED) is 0.510. The van der Waals surface area contributed by atoms with E-state index in [4.69, 9.17) is 6.42 Å². The molecular weight excluding hydrogens is 164 g/mol. The lowest BCUT2D eigenvalue weighted by Crippen LogP contribution is -2.36. The number of Topliss-reactive ketones (excluding diaryl/α,β-unsaturated/α-hetero) is 1. The fourth-order valence-corrected chi connectivity index (χ4v) is 0.823. The van der Waals surface area contributed by atoms with Crippen LogP contribution in [0.2, 0.25) is 0 Å². The maximum absolute atomic E-state index is 11.1. The first-order chi connectivity index (χ1) is 6.17. The Morgan fingerprint density at radius 1 is 1.69 bits per heavy atom. The van der Waals surface area contributed by atoms with Gasteiger partial charge < -0.3 is 5.32 Å². The Morgan fingerprint density at radius 2 is 2.31 bits per heavy atom. The summed E-state index contributed by atoms with van der Waals surface area (Å²) in [5.41, 5.74) is 0.364. The number of carbonyl (C=O) groups excluding carboxylic acids is 1. The average molecular weight is 178 g/mol. The molecule has 0 bridgehead atoms. The van der Waals surface area contributed by atoms with Crippen LogP contribution in [0.5, 0.6) is 0 Å². The lowest BCUT2D eigenvalue weighted by Gasteiger charge is -2.08. The number of rotatable bonds is 4. The smallest absolute Gasteiger partial charge is 0.176 e. The molecule has 0 saturated carbocycles. The van der Waals surface area contributed by atoms with Crippen LogP contribution in [0, 0.1) is 12.3 Å².